The first-order valence-electron chi connectivity index (χ1n) is 13.0. The van der Waals surface area contributed by atoms with Crippen LogP contribution in [0.1, 0.15) is 60.6 Å². The molecule has 2 aromatic heterocycles. The van der Waals surface area contributed by atoms with Gasteiger partial charge in [0.25, 0.3) is 5.91 Å². The van der Waals surface area contributed by atoms with Gasteiger partial charge in [-0.15, -0.1) is 0 Å². The van der Waals surface area contributed by atoms with Crippen LogP contribution in [0.5, 0.6) is 5.75 Å². The van der Waals surface area contributed by atoms with Gasteiger partial charge in [0.1, 0.15) is 17.0 Å². The number of methoxy groups -OCH3 is 1. The lowest BCUT2D eigenvalue weighted by Gasteiger charge is -2.35. The van der Waals surface area contributed by atoms with E-state index in [2.05, 4.69) is 9.97 Å². The van der Waals surface area contributed by atoms with Crippen LogP contribution in [0.15, 0.2) is 28.7 Å². The third-order valence-electron chi connectivity index (χ3n) is 7.41. The number of rotatable bonds is 5. The largest absolute Gasteiger partial charge is 0.494 e. The lowest BCUT2D eigenvalue weighted by atomic mass is 10.1. The second-order valence-electron chi connectivity index (χ2n) is 10.0. The van der Waals surface area contributed by atoms with Crippen molar-refractivity contribution in [1.82, 2.24) is 19.8 Å². The molecule has 1 aliphatic carbocycles. The number of amides is 2. The number of alkyl halides is 3. The van der Waals surface area contributed by atoms with Crippen LogP contribution in [0, 0.1) is 5.92 Å². The summed E-state index contributed by atoms with van der Waals surface area (Å²) in [6.45, 7) is 3.24. The third kappa shape index (κ3) is 5.17. The zero-order valence-electron chi connectivity index (χ0n) is 21.8. The molecule has 2 fully saturated rings. The van der Waals surface area contributed by atoms with Gasteiger partial charge in [0, 0.05) is 43.0 Å². The topological polar surface area (TPSA) is 115 Å². The van der Waals surface area contributed by atoms with Crippen LogP contribution in [-0.4, -0.2) is 64.9 Å². The Morgan fingerprint density at radius 2 is 1.72 bits per heavy atom. The molecule has 5 rings (SSSR count). The van der Waals surface area contributed by atoms with E-state index >= 15 is 0 Å². The maximum absolute atomic E-state index is 13.5. The van der Waals surface area contributed by atoms with E-state index in [1.807, 2.05) is 4.90 Å². The quantitative estimate of drug-likeness (QED) is 0.505. The van der Waals surface area contributed by atoms with Crippen molar-refractivity contribution >= 4 is 22.7 Å². The summed E-state index contributed by atoms with van der Waals surface area (Å²) in [5.74, 6) is 0.225. The Labute approximate surface area is 223 Å². The molecule has 2 aliphatic rings. The standard InChI is InChI=1S/C27H30F3N5O4/c1-15(31)23-22(26(37)35-13-11-34(12-14-35)25(36)16-5-3-4-6-16)33-24(39-23)18-7-9-19(38-2)21-17(18)8-10-20(32-21)27(28,29)30/h7-10,15-16H,3-6,11-14,31H2,1-2H3/t15-/m0/s1. The van der Waals surface area contributed by atoms with E-state index in [9.17, 15) is 22.8 Å². The summed E-state index contributed by atoms with van der Waals surface area (Å²) < 4.78 is 51.1. The lowest BCUT2D eigenvalue weighted by Crippen LogP contribution is -2.52. The van der Waals surface area contributed by atoms with E-state index < -0.39 is 17.9 Å². The molecule has 1 saturated carbocycles. The van der Waals surface area contributed by atoms with Gasteiger partial charge in [-0.3, -0.25) is 9.59 Å². The van der Waals surface area contributed by atoms with Crippen molar-refractivity contribution in [2.24, 2.45) is 11.7 Å². The van der Waals surface area contributed by atoms with E-state index in [-0.39, 0.29) is 46.3 Å². The van der Waals surface area contributed by atoms with Gasteiger partial charge in [0.05, 0.1) is 13.2 Å². The van der Waals surface area contributed by atoms with E-state index in [0.29, 0.717) is 37.1 Å². The van der Waals surface area contributed by atoms with Crippen LogP contribution in [0.3, 0.4) is 0 Å². The van der Waals surface area contributed by atoms with Crippen molar-refractivity contribution < 1.29 is 31.9 Å². The highest BCUT2D eigenvalue weighted by molar-refractivity contribution is 5.98. The van der Waals surface area contributed by atoms with Crippen LogP contribution in [-0.2, 0) is 11.0 Å². The Balaban J connectivity index is 1.44. The molecule has 3 aromatic rings. The van der Waals surface area contributed by atoms with Crippen molar-refractivity contribution in [3.63, 3.8) is 0 Å². The molecule has 0 spiro atoms. The molecule has 0 bridgehead atoms. The fourth-order valence-electron chi connectivity index (χ4n) is 5.32. The average molecular weight is 546 g/mol. The Bertz CT molecular complexity index is 1390. The van der Waals surface area contributed by atoms with Crippen molar-refractivity contribution in [3.8, 4) is 17.2 Å². The van der Waals surface area contributed by atoms with Gasteiger partial charge in [-0.05, 0) is 44.0 Å². The number of carbonyl (C=O) groups is 2. The van der Waals surface area contributed by atoms with Crippen molar-refractivity contribution in [2.75, 3.05) is 33.3 Å². The smallest absolute Gasteiger partial charge is 0.433 e. The number of fused-ring (bicyclic) bond motifs is 1. The predicted octanol–water partition coefficient (Wildman–Crippen LogP) is 4.41. The van der Waals surface area contributed by atoms with Gasteiger partial charge < -0.3 is 24.7 Å². The van der Waals surface area contributed by atoms with Crippen molar-refractivity contribution in [1.29, 1.82) is 0 Å². The summed E-state index contributed by atoms with van der Waals surface area (Å²) in [7, 11) is 1.34. The minimum atomic E-state index is -4.63. The zero-order chi connectivity index (χ0) is 27.9. The highest BCUT2D eigenvalue weighted by Gasteiger charge is 2.35. The molecule has 1 saturated heterocycles. The fourth-order valence-corrected chi connectivity index (χ4v) is 5.32. The fraction of sp³-hybridized carbons (Fsp3) is 0.481. The number of oxazole rings is 1. The van der Waals surface area contributed by atoms with Crippen LogP contribution in [0.25, 0.3) is 22.4 Å². The second-order valence-corrected chi connectivity index (χ2v) is 10.0. The van der Waals surface area contributed by atoms with E-state index in [1.165, 1.54) is 19.2 Å². The van der Waals surface area contributed by atoms with Gasteiger partial charge in [-0.25, -0.2) is 9.97 Å². The molecular weight excluding hydrogens is 515 g/mol. The number of benzene rings is 1. The highest BCUT2D eigenvalue weighted by atomic mass is 19.4. The number of ether oxygens (including phenoxy) is 1. The molecule has 3 heterocycles. The first-order valence-corrected chi connectivity index (χ1v) is 13.0. The number of nitrogens with two attached hydrogens (primary N) is 1. The van der Waals surface area contributed by atoms with Crippen LogP contribution in [0.2, 0.25) is 0 Å². The maximum atomic E-state index is 13.5. The van der Waals surface area contributed by atoms with Gasteiger partial charge in [0.15, 0.2) is 11.5 Å². The Morgan fingerprint density at radius 3 is 2.33 bits per heavy atom. The number of hydrogen-bond donors (Lipinski definition) is 1. The first-order chi connectivity index (χ1) is 18.6. The van der Waals surface area contributed by atoms with Crippen molar-refractivity contribution in [2.45, 2.75) is 44.8 Å². The molecular formula is C27H30F3N5O4. The Hall–Kier alpha value is -3.67. The molecule has 39 heavy (non-hydrogen) atoms. The number of hydrogen-bond acceptors (Lipinski definition) is 7. The number of piperazine rings is 1. The molecule has 0 radical (unpaired) electrons. The normalized spacial score (nSPS) is 17.6. The second kappa shape index (κ2) is 10.5. The van der Waals surface area contributed by atoms with Gasteiger partial charge in [-0.2, -0.15) is 13.2 Å². The number of carbonyl (C=O) groups excluding carboxylic acids is 2. The summed E-state index contributed by atoms with van der Waals surface area (Å²) in [6, 6.07) is 4.55. The number of halogens is 3. The monoisotopic (exact) mass is 545 g/mol. The molecule has 1 aromatic carbocycles. The Morgan fingerprint density at radius 1 is 1.05 bits per heavy atom. The molecule has 1 aliphatic heterocycles. The molecule has 1 atom stereocenters. The molecule has 0 unspecified atom stereocenters. The summed E-state index contributed by atoms with van der Waals surface area (Å²) >= 11 is 0. The number of aromatic nitrogens is 2. The summed E-state index contributed by atoms with van der Waals surface area (Å²) in [5.41, 5.74) is 5.43. The van der Waals surface area contributed by atoms with Crippen molar-refractivity contribution in [3.05, 3.63) is 41.4 Å². The van der Waals surface area contributed by atoms with Crippen LogP contribution in [0.4, 0.5) is 13.2 Å². The zero-order valence-corrected chi connectivity index (χ0v) is 21.8. The molecule has 2 N–H and O–H groups in total. The third-order valence-corrected chi connectivity index (χ3v) is 7.41. The Kier molecular flexibility index (Phi) is 7.23. The van der Waals surface area contributed by atoms with Gasteiger partial charge in [-0.1, -0.05) is 12.8 Å². The van der Waals surface area contributed by atoms with Crippen LogP contribution < -0.4 is 10.5 Å². The molecule has 12 heteroatoms. The summed E-state index contributed by atoms with van der Waals surface area (Å²) in [4.78, 5) is 38.0. The lowest BCUT2D eigenvalue weighted by molar-refractivity contribution is -0.141. The van der Waals surface area contributed by atoms with Gasteiger partial charge in [0.2, 0.25) is 11.8 Å². The van der Waals surface area contributed by atoms with E-state index in [1.54, 1.807) is 17.9 Å². The summed E-state index contributed by atoms with van der Waals surface area (Å²) in [6.07, 6.45) is -0.639. The van der Waals surface area contributed by atoms with Gasteiger partial charge >= 0.3 is 6.18 Å². The molecule has 9 nitrogen and oxygen atoms in total. The van der Waals surface area contributed by atoms with E-state index in [4.69, 9.17) is 14.9 Å². The number of nitrogens with zero attached hydrogens (tertiary/aromatic N) is 4. The van der Waals surface area contributed by atoms with E-state index in [0.717, 1.165) is 31.7 Å². The first kappa shape index (κ1) is 26.9. The summed E-state index contributed by atoms with van der Waals surface area (Å²) in [5, 5.41) is 0.317. The van der Waals surface area contributed by atoms with Crippen LogP contribution >= 0.6 is 0 Å². The maximum Gasteiger partial charge on any atom is 0.433 e. The average Bonchev–Trinajstić information content (AvgIpc) is 3.62. The highest BCUT2D eigenvalue weighted by Crippen LogP contribution is 2.37. The SMILES string of the molecule is COc1ccc(-c2nc(C(=O)N3CCN(C(=O)C4CCCC4)CC3)c([C@H](C)N)o2)c2ccc(C(F)(F)F)nc12. The molecule has 208 valence electrons. The number of pyridine rings is 1. The minimum absolute atomic E-state index is 0.0127. The molecule has 2 amide bonds. The minimum Gasteiger partial charge on any atom is -0.494 e. The predicted molar refractivity (Wildman–Crippen MR) is 136 cm³/mol.